The molecule has 4 heteroatoms. The van der Waals surface area contributed by atoms with E-state index in [0.717, 1.165) is 0 Å². The smallest absolute Gasteiger partial charge is 0.336 e. The molecule has 0 heterocycles. The molecule has 0 spiro atoms. The van der Waals surface area contributed by atoms with Crippen molar-refractivity contribution < 1.29 is 20.0 Å². The predicted octanol–water partition coefficient (Wildman–Crippen LogP) is 0.729. The Kier molecular flexibility index (Phi) is 4.00. The van der Waals surface area contributed by atoms with E-state index in [1.165, 1.54) is 0 Å². The van der Waals surface area contributed by atoms with E-state index in [0.29, 0.717) is 12.8 Å². The molecule has 0 radical (unpaired) electrons. The topological polar surface area (TPSA) is 66.8 Å². The molecule has 0 saturated carbocycles. The first-order valence-electron chi connectivity index (χ1n) is 2.75. The third-order valence-electron chi connectivity index (χ3n) is 0.954. The van der Waals surface area contributed by atoms with Crippen molar-refractivity contribution in [1.82, 2.24) is 0 Å². The van der Waals surface area contributed by atoms with Gasteiger partial charge in [0.25, 0.3) is 0 Å². The number of aliphatic carboxylic acids is 1. The quantitative estimate of drug-likeness (QED) is 0.439. The van der Waals surface area contributed by atoms with Crippen LogP contribution in [0.15, 0.2) is 0 Å². The van der Waals surface area contributed by atoms with Gasteiger partial charge in [-0.25, -0.2) is 9.68 Å². The molecule has 0 aliphatic rings. The van der Waals surface area contributed by atoms with Crippen molar-refractivity contribution in [3.05, 3.63) is 0 Å². The zero-order chi connectivity index (χ0) is 7.28. The lowest BCUT2D eigenvalue weighted by Gasteiger charge is -2.04. The van der Waals surface area contributed by atoms with Crippen molar-refractivity contribution in [3.8, 4) is 0 Å². The summed E-state index contributed by atoms with van der Waals surface area (Å²) in [6, 6.07) is 0. The van der Waals surface area contributed by atoms with Gasteiger partial charge in [-0.2, -0.15) is 0 Å². The lowest BCUT2D eigenvalue weighted by atomic mass is 10.2. The van der Waals surface area contributed by atoms with Gasteiger partial charge in [0.05, 0.1) is 0 Å². The van der Waals surface area contributed by atoms with E-state index in [1.807, 2.05) is 6.92 Å². The fourth-order valence-electron chi connectivity index (χ4n) is 0.483. The van der Waals surface area contributed by atoms with E-state index >= 15 is 0 Å². The van der Waals surface area contributed by atoms with Crippen molar-refractivity contribution in [1.29, 1.82) is 0 Å². The van der Waals surface area contributed by atoms with Crippen LogP contribution in [0.1, 0.15) is 19.8 Å². The minimum Gasteiger partial charge on any atom is -0.479 e. The molecule has 1 atom stereocenters. The highest BCUT2D eigenvalue weighted by molar-refractivity contribution is 5.72. The zero-order valence-corrected chi connectivity index (χ0v) is 5.20. The fourth-order valence-corrected chi connectivity index (χ4v) is 0.483. The molecule has 0 aromatic heterocycles. The molecular weight excluding hydrogens is 124 g/mol. The summed E-state index contributed by atoms with van der Waals surface area (Å²) in [6.07, 6.45) is -0.0430. The molecule has 0 amide bonds. The maximum Gasteiger partial charge on any atom is 0.336 e. The van der Waals surface area contributed by atoms with Gasteiger partial charge in [-0.15, -0.1) is 0 Å². The van der Waals surface area contributed by atoms with Gasteiger partial charge in [0, 0.05) is 0 Å². The Morgan fingerprint density at radius 3 is 2.44 bits per heavy atom. The van der Waals surface area contributed by atoms with E-state index < -0.39 is 12.1 Å². The van der Waals surface area contributed by atoms with Crippen LogP contribution < -0.4 is 0 Å². The minimum absolute atomic E-state index is 0.339. The summed E-state index contributed by atoms with van der Waals surface area (Å²) in [5.41, 5.74) is 0. The molecule has 0 fully saturated rings. The van der Waals surface area contributed by atoms with Crippen molar-refractivity contribution in [2.24, 2.45) is 0 Å². The average Bonchev–Trinajstić information content (AvgIpc) is 1.82. The normalized spacial score (nSPS) is 13.1. The Hall–Kier alpha value is -0.610. The summed E-state index contributed by atoms with van der Waals surface area (Å²) in [7, 11) is 0. The first-order chi connectivity index (χ1) is 4.22. The van der Waals surface area contributed by atoms with Crippen LogP contribution in [0.2, 0.25) is 0 Å². The summed E-state index contributed by atoms with van der Waals surface area (Å²) in [5, 5.41) is 16.2. The second kappa shape index (κ2) is 4.29. The van der Waals surface area contributed by atoms with Gasteiger partial charge in [-0.3, -0.25) is 5.26 Å². The van der Waals surface area contributed by atoms with Crippen LogP contribution in [0.4, 0.5) is 0 Å². The molecule has 0 bridgehead atoms. The lowest BCUT2D eigenvalue weighted by molar-refractivity contribution is -0.277. The van der Waals surface area contributed by atoms with Gasteiger partial charge < -0.3 is 5.11 Å². The molecule has 0 aromatic rings. The number of carboxylic acid groups (broad SMARTS) is 1. The van der Waals surface area contributed by atoms with Crippen LogP contribution in [0.5, 0.6) is 0 Å². The van der Waals surface area contributed by atoms with Gasteiger partial charge in [-0.1, -0.05) is 13.3 Å². The zero-order valence-electron chi connectivity index (χ0n) is 5.20. The molecule has 9 heavy (non-hydrogen) atoms. The van der Waals surface area contributed by atoms with Gasteiger partial charge in [-0.05, 0) is 6.42 Å². The summed E-state index contributed by atoms with van der Waals surface area (Å²) in [5.74, 6) is -1.13. The molecule has 54 valence electrons. The van der Waals surface area contributed by atoms with Crippen molar-refractivity contribution >= 4 is 5.97 Å². The molecule has 4 nitrogen and oxygen atoms in total. The molecule has 0 unspecified atom stereocenters. The molecule has 0 aromatic carbocycles. The number of rotatable bonds is 4. The van der Waals surface area contributed by atoms with Gasteiger partial charge in [0.2, 0.25) is 0 Å². The van der Waals surface area contributed by atoms with Crippen LogP contribution in [-0.4, -0.2) is 22.4 Å². The van der Waals surface area contributed by atoms with Crippen LogP contribution in [0.3, 0.4) is 0 Å². The maximum absolute atomic E-state index is 10.0. The molecule has 0 rings (SSSR count). The highest BCUT2D eigenvalue weighted by Crippen LogP contribution is 1.99. The van der Waals surface area contributed by atoms with E-state index in [2.05, 4.69) is 4.89 Å². The van der Waals surface area contributed by atoms with Crippen LogP contribution in [0.25, 0.3) is 0 Å². The SMILES string of the molecule is CCC[C@@H](OO)C(=O)O. The van der Waals surface area contributed by atoms with E-state index in [4.69, 9.17) is 10.4 Å². The molecule has 0 aliphatic heterocycles. The Balaban J connectivity index is 3.54. The van der Waals surface area contributed by atoms with Crippen LogP contribution >= 0.6 is 0 Å². The highest BCUT2D eigenvalue weighted by Gasteiger charge is 2.15. The Bertz CT molecular complexity index is 91.0. The number of carboxylic acids is 1. The monoisotopic (exact) mass is 134 g/mol. The Morgan fingerprint density at radius 1 is 1.78 bits per heavy atom. The minimum atomic E-state index is -1.13. The predicted molar refractivity (Wildman–Crippen MR) is 30.0 cm³/mol. The maximum atomic E-state index is 10.0. The summed E-state index contributed by atoms with van der Waals surface area (Å²) in [4.78, 5) is 13.7. The molecular formula is C5H10O4. The molecule has 0 saturated heterocycles. The van der Waals surface area contributed by atoms with E-state index in [9.17, 15) is 4.79 Å². The highest BCUT2D eigenvalue weighted by atomic mass is 17.1. The fraction of sp³-hybridized carbons (Fsp3) is 0.800. The number of carbonyl (C=O) groups is 1. The van der Waals surface area contributed by atoms with Gasteiger partial charge in [0.1, 0.15) is 0 Å². The Morgan fingerprint density at radius 2 is 2.33 bits per heavy atom. The second-order valence-corrected chi connectivity index (χ2v) is 1.72. The lowest BCUT2D eigenvalue weighted by Crippen LogP contribution is -2.21. The summed E-state index contributed by atoms with van der Waals surface area (Å²) in [6.45, 7) is 1.81. The first kappa shape index (κ1) is 8.39. The van der Waals surface area contributed by atoms with E-state index in [-0.39, 0.29) is 0 Å². The average molecular weight is 134 g/mol. The Labute approximate surface area is 53.0 Å². The number of hydrogen-bond donors (Lipinski definition) is 2. The number of hydrogen-bond acceptors (Lipinski definition) is 3. The summed E-state index contributed by atoms with van der Waals surface area (Å²) < 4.78 is 0. The third-order valence-corrected chi connectivity index (χ3v) is 0.954. The van der Waals surface area contributed by atoms with Gasteiger partial charge in [0.15, 0.2) is 6.10 Å². The second-order valence-electron chi connectivity index (χ2n) is 1.72. The van der Waals surface area contributed by atoms with E-state index in [1.54, 1.807) is 0 Å². The molecule has 0 aliphatic carbocycles. The van der Waals surface area contributed by atoms with Crippen molar-refractivity contribution in [2.45, 2.75) is 25.9 Å². The summed E-state index contributed by atoms with van der Waals surface area (Å²) >= 11 is 0. The first-order valence-corrected chi connectivity index (χ1v) is 2.75. The van der Waals surface area contributed by atoms with Crippen molar-refractivity contribution in [3.63, 3.8) is 0 Å². The van der Waals surface area contributed by atoms with Gasteiger partial charge >= 0.3 is 5.97 Å². The standard InChI is InChI=1S/C5H10O4/c1-2-3-4(9-8)5(6)7/h4,8H,2-3H2,1H3,(H,6,7)/t4-/m1/s1. The van der Waals surface area contributed by atoms with Crippen LogP contribution in [-0.2, 0) is 9.68 Å². The van der Waals surface area contributed by atoms with Crippen molar-refractivity contribution in [2.75, 3.05) is 0 Å². The third kappa shape index (κ3) is 3.05. The molecule has 2 N–H and O–H groups in total. The largest absolute Gasteiger partial charge is 0.479 e. The van der Waals surface area contributed by atoms with Crippen LogP contribution in [0, 0.1) is 0 Å².